The highest BCUT2D eigenvalue weighted by Gasteiger charge is 2.22. The number of ether oxygens (including phenoxy) is 1. The molecule has 4 heteroatoms. The van der Waals surface area contributed by atoms with Crippen molar-refractivity contribution in [2.75, 3.05) is 13.7 Å². The van der Waals surface area contributed by atoms with Gasteiger partial charge in [-0.15, -0.1) is 0 Å². The van der Waals surface area contributed by atoms with Crippen LogP contribution in [0.25, 0.3) is 0 Å². The summed E-state index contributed by atoms with van der Waals surface area (Å²) < 4.78 is 18.3. The van der Waals surface area contributed by atoms with E-state index < -0.39 is 0 Å². The summed E-state index contributed by atoms with van der Waals surface area (Å²) in [6.07, 6.45) is 2.43. The fraction of sp³-hybridized carbons (Fsp3) is 0.500. The maximum absolute atomic E-state index is 13.1. The van der Waals surface area contributed by atoms with Crippen molar-refractivity contribution in [1.82, 2.24) is 5.32 Å². The van der Waals surface area contributed by atoms with Gasteiger partial charge in [0.15, 0.2) is 0 Å². The second-order valence-electron chi connectivity index (χ2n) is 4.18. The van der Waals surface area contributed by atoms with Crippen LogP contribution in [0.15, 0.2) is 18.2 Å². The molecule has 16 heavy (non-hydrogen) atoms. The third-order valence-corrected chi connectivity index (χ3v) is 2.80. The van der Waals surface area contributed by atoms with Gasteiger partial charge in [-0.05, 0) is 31.0 Å². The SMILES string of the molecule is COc1ccc(F)cc1C(N)CNC1CC1. The van der Waals surface area contributed by atoms with Gasteiger partial charge < -0.3 is 15.8 Å². The first-order valence-corrected chi connectivity index (χ1v) is 5.53. The quantitative estimate of drug-likeness (QED) is 0.798. The Labute approximate surface area is 94.8 Å². The third-order valence-electron chi connectivity index (χ3n) is 2.80. The molecule has 0 bridgehead atoms. The average Bonchev–Trinajstić information content (AvgIpc) is 3.09. The molecule has 1 aromatic rings. The molecule has 3 N–H and O–H groups in total. The van der Waals surface area contributed by atoms with E-state index >= 15 is 0 Å². The summed E-state index contributed by atoms with van der Waals surface area (Å²) in [5, 5.41) is 3.32. The molecule has 1 aromatic carbocycles. The van der Waals surface area contributed by atoms with Gasteiger partial charge in [-0.25, -0.2) is 4.39 Å². The number of nitrogens with one attached hydrogen (secondary N) is 1. The number of rotatable bonds is 5. The average molecular weight is 224 g/mol. The van der Waals surface area contributed by atoms with E-state index in [4.69, 9.17) is 10.5 Å². The van der Waals surface area contributed by atoms with Gasteiger partial charge in [-0.2, -0.15) is 0 Å². The lowest BCUT2D eigenvalue weighted by atomic mass is 10.1. The predicted octanol–water partition coefficient (Wildman–Crippen LogP) is 1.59. The number of halogens is 1. The van der Waals surface area contributed by atoms with E-state index in [0.29, 0.717) is 18.3 Å². The molecule has 0 spiro atoms. The van der Waals surface area contributed by atoms with Gasteiger partial charge in [0.2, 0.25) is 0 Å². The standard InChI is InChI=1S/C12H17FN2O/c1-16-12-5-2-8(13)6-10(12)11(14)7-15-9-3-4-9/h2,5-6,9,11,15H,3-4,7,14H2,1H3. The molecule has 88 valence electrons. The molecule has 2 rings (SSSR count). The van der Waals surface area contributed by atoms with E-state index in [2.05, 4.69) is 5.32 Å². The topological polar surface area (TPSA) is 47.3 Å². The molecular weight excluding hydrogens is 207 g/mol. The Hall–Kier alpha value is -1.13. The summed E-state index contributed by atoms with van der Waals surface area (Å²) >= 11 is 0. The van der Waals surface area contributed by atoms with Crippen LogP contribution in [0.1, 0.15) is 24.4 Å². The van der Waals surface area contributed by atoms with Gasteiger partial charge in [0.05, 0.1) is 7.11 Å². The van der Waals surface area contributed by atoms with Crippen LogP contribution in [-0.4, -0.2) is 19.7 Å². The number of hydrogen-bond donors (Lipinski definition) is 2. The molecule has 1 atom stereocenters. The van der Waals surface area contributed by atoms with Crippen LogP contribution in [0.2, 0.25) is 0 Å². The Balaban J connectivity index is 2.06. The van der Waals surface area contributed by atoms with Crippen LogP contribution in [0.3, 0.4) is 0 Å². The fourth-order valence-corrected chi connectivity index (χ4v) is 1.69. The van der Waals surface area contributed by atoms with Gasteiger partial charge in [-0.1, -0.05) is 0 Å². The molecule has 0 radical (unpaired) electrons. The van der Waals surface area contributed by atoms with E-state index in [1.807, 2.05) is 0 Å². The fourth-order valence-electron chi connectivity index (χ4n) is 1.69. The summed E-state index contributed by atoms with van der Waals surface area (Å²) in [6, 6.07) is 4.81. The summed E-state index contributed by atoms with van der Waals surface area (Å²) in [5.41, 5.74) is 6.73. The largest absolute Gasteiger partial charge is 0.496 e. The molecule has 1 fully saturated rings. The lowest BCUT2D eigenvalue weighted by Crippen LogP contribution is -2.28. The van der Waals surface area contributed by atoms with Crippen molar-refractivity contribution >= 4 is 0 Å². The summed E-state index contributed by atoms with van der Waals surface area (Å²) in [6.45, 7) is 0.657. The molecule has 0 aromatic heterocycles. The second-order valence-corrected chi connectivity index (χ2v) is 4.18. The molecule has 1 aliphatic carbocycles. The molecule has 0 aliphatic heterocycles. The minimum atomic E-state index is -0.280. The van der Waals surface area contributed by atoms with Crippen molar-refractivity contribution in [2.45, 2.75) is 24.9 Å². The van der Waals surface area contributed by atoms with E-state index in [0.717, 1.165) is 5.56 Å². The van der Waals surface area contributed by atoms with Crippen molar-refractivity contribution in [3.8, 4) is 5.75 Å². The first kappa shape index (κ1) is 11.4. The first-order chi connectivity index (χ1) is 7.70. The highest BCUT2D eigenvalue weighted by molar-refractivity contribution is 5.36. The van der Waals surface area contributed by atoms with E-state index in [1.54, 1.807) is 13.2 Å². The maximum Gasteiger partial charge on any atom is 0.123 e. The zero-order valence-electron chi connectivity index (χ0n) is 9.37. The number of methoxy groups -OCH3 is 1. The summed E-state index contributed by atoms with van der Waals surface area (Å²) in [7, 11) is 1.57. The van der Waals surface area contributed by atoms with E-state index in [-0.39, 0.29) is 11.9 Å². The van der Waals surface area contributed by atoms with Gasteiger partial charge in [0.25, 0.3) is 0 Å². The van der Waals surface area contributed by atoms with Gasteiger partial charge in [0, 0.05) is 24.2 Å². The molecule has 0 heterocycles. The van der Waals surface area contributed by atoms with Crippen LogP contribution < -0.4 is 15.8 Å². The molecule has 0 saturated heterocycles. The molecule has 1 unspecified atom stereocenters. The predicted molar refractivity (Wildman–Crippen MR) is 60.9 cm³/mol. The molecular formula is C12H17FN2O. The zero-order valence-corrected chi connectivity index (χ0v) is 9.37. The Morgan fingerprint density at radius 2 is 2.31 bits per heavy atom. The minimum Gasteiger partial charge on any atom is -0.496 e. The zero-order chi connectivity index (χ0) is 11.5. The summed E-state index contributed by atoms with van der Waals surface area (Å²) in [5.74, 6) is 0.365. The second kappa shape index (κ2) is 4.80. The smallest absolute Gasteiger partial charge is 0.123 e. The maximum atomic E-state index is 13.1. The number of benzene rings is 1. The number of nitrogens with two attached hydrogens (primary N) is 1. The summed E-state index contributed by atoms with van der Waals surface area (Å²) in [4.78, 5) is 0. The Morgan fingerprint density at radius 1 is 1.56 bits per heavy atom. The lowest BCUT2D eigenvalue weighted by molar-refractivity contribution is 0.402. The Morgan fingerprint density at radius 3 is 2.94 bits per heavy atom. The third kappa shape index (κ3) is 2.71. The van der Waals surface area contributed by atoms with Gasteiger partial charge >= 0.3 is 0 Å². The van der Waals surface area contributed by atoms with Crippen molar-refractivity contribution in [3.63, 3.8) is 0 Å². The minimum absolute atomic E-state index is 0.230. The van der Waals surface area contributed by atoms with Crippen molar-refractivity contribution in [3.05, 3.63) is 29.6 Å². The normalized spacial score (nSPS) is 17.2. The van der Waals surface area contributed by atoms with Gasteiger partial charge in [0.1, 0.15) is 11.6 Å². The Bertz CT molecular complexity index is 366. The highest BCUT2D eigenvalue weighted by Crippen LogP contribution is 2.25. The lowest BCUT2D eigenvalue weighted by Gasteiger charge is -2.16. The Kier molecular flexibility index (Phi) is 3.41. The van der Waals surface area contributed by atoms with E-state index in [9.17, 15) is 4.39 Å². The molecule has 1 saturated carbocycles. The molecule has 1 aliphatic rings. The molecule has 0 amide bonds. The highest BCUT2D eigenvalue weighted by atomic mass is 19.1. The van der Waals surface area contributed by atoms with Crippen LogP contribution in [0.5, 0.6) is 5.75 Å². The van der Waals surface area contributed by atoms with Crippen molar-refractivity contribution in [1.29, 1.82) is 0 Å². The van der Waals surface area contributed by atoms with Crippen molar-refractivity contribution in [2.24, 2.45) is 5.73 Å². The van der Waals surface area contributed by atoms with Crippen LogP contribution in [-0.2, 0) is 0 Å². The van der Waals surface area contributed by atoms with Crippen LogP contribution in [0.4, 0.5) is 4.39 Å². The van der Waals surface area contributed by atoms with Crippen LogP contribution in [0, 0.1) is 5.82 Å². The van der Waals surface area contributed by atoms with Gasteiger partial charge in [-0.3, -0.25) is 0 Å². The molecule has 3 nitrogen and oxygen atoms in total. The number of hydrogen-bond acceptors (Lipinski definition) is 3. The first-order valence-electron chi connectivity index (χ1n) is 5.53. The monoisotopic (exact) mass is 224 g/mol. The van der Waals surface area contributed by atoms with Crippen molar-refractivity contribution < 1.29 is 9.13 Å². The van der Waals surface area contributed by atoms with Crippen LogP contribution >= 0.6 is 0 Å². The van der Waals surface area contributed by atoms with E-state index in [1.165, 1.54) is 25.0 Å².